The number of hydrogen-bond donors (Lipinski definition) is 1. The second-order valence-corrected chi connectivity index (χ2v) is 4.90. The second kappa shape index (κ2) is 7.33. The van der Waals surface area contributed by atoms with Crippen LogP contribution in [0.1, 0.15) is 26.2 Å². The summed E-state index contributed by atoms with van der Waals surface area (Å²) >= 11 is 1.76. The molecule has 0 radical (unpaired) electrons. The lowest BCUT2D eigenvalue weighted by Gasteiger charge is -2.10. The zero-order chi connectivity index (χ0) is 12.7. The minimum Gasteiger partial charge on any atom is -0.502 e. The summed E-state index contributed by atoms with van der Waals surface area (Å²) in [7, 11) is 3.08. The van der Waals surface area contributed by atoms with Gasteiger partial charge in [0.25, 0.3) is 0 Å². The lowest BCUT2D eigenvalue weighted by atomic mass is 10.3. The fraction of sp³-hybridized carbons (Fsp3) is 0.538. The Hall–Kier alpha value is -1.03. The maximum Gasteiger partial charge on any atom is 0.200 e. The first-order chi connectivity index (χ1) is 8.22. The molecule has 1 rings (SSSR count). The van der Waals surface area contributed by atoms with Crippen molar-refractivity contribution in [3.63, 3.8) is 0 Å². The highest BCUT2D eigenvalue weighted by molar-refractivity contribution is 7.99. The van der Waals surface area contributed by atoms with Crippen LogP contribution in [0.15, 0.2) is 17.0 Å². The molecule has 17 heavy (non-hydrogen) atoms. The van der Waals surface area contributed by atoms with E-state index in [1.165, 1.54) is 19.3 Å². The van der Waals surface area contributed by atoms with Crippen molar-refractivity contribution in [3.05, 3.63) is 12.1 Å². The van der Waals surface area contributed by atoms with Crippen molar-refractivity contribution in [1.29, 1.82) is 0 Å². The molecular formula is C13H20O3S. The summed E-state index contributed by atoms with van der Waals surface area (Å²) < 4.78 is 10.2. The van der Waals surface area contributed by atoms with Gasteiger partial charge in [0.15, 0.2) is 11.5 Å². The minimum absolute atomic E-state index is 0.0629. The van der Waals surface area contributed by atoms with Crippen LogP contribution in [-0.2, 0) is 0 Å². The molecule has 0 atom stereocenters. The van der Waals surface area contributed by atoms with Crippen molar-refractivity contribution in [2.24, 2.45) is 0 Å². The van der Waals surface area contributed by atoms with Crippen LogP contribution in [0, 0.1) is 0 Å². The minimum atomic E-state index is 0.0629. The Bertz CT molecular complexity index is 328. The maximum atomic E-state index is 9.76. The lowest BCUT2D eigenvalue weighted by Crippen LogP contribution is -1.90. The van der Waals surface area contributed by atoms with Crippen LogP contribution in [0.5, 0.6) is 17.2 Å². The van der Waals surface area contributed by atoms with Crippen molar-refractivity contribution in [3.8, 4) is 17.2 Å². The van der Waals surface area contributed by atoms with Gasteiger partial charge in [-0.3, -0.25) is 0 Å². The molecule has 0 saturated carbocycles. The SMILES string of the molecule is CCCCCSc1cc(OC)c(O)c(OC)c1. The molecule has 0 bridgehead atoms. The van der Waals surface area contributed by atoms with Crippen molar-refractivity contribution in [2.45, 2.75) is 31.1 Å². The molecule has 1 aromatic rings. The summed E-state index contributed by atoms with van der Waals surface area (Å²) in [6, 6.07) is 3.68. The van der Waals surface area contributed by atoms with Crippen molar-refractivity contribution >= 4 is 11.8 Å². The summed E-state index contributed by atoms with van der Waals surface area (Å²) in [6.45, 7) is 2.19. The van der Waals surface area contributed by atoms with Gasteiger partial charge in [0.1, 0.15) is 0 Å². The van der Waals surface area contributed by atoms with E-state index in [1.54, 1.807) is 26.0 Å². The van der Waals surface area contributed by atoms with E-state index in [0.29, 0.717) is 11.5 Å². The van der Waals surface area contributed by atoms with Crippen molar-refractivity contribution < 1.29 is 14.6 Å². The number of rotatable bonds is 7. The van der Waals surface area contributed by atoms with Crippen molar-refractivity contribution in [1.82, 2.24) is 0 Å². The summed E-state index contributed by atoms with van der Waals surface area (Å²) in [5, 5.41) is 9.76. The topological polar surface area (TPSA) is 38.7 Å². The average Bonchev–Trinajstić information content (AvgIpc) is 2.36. The van der Waals surface area contributed by atoms with Crippen LogP contribution in [0.4, 0.5) is 0 Å². The molecule has 0 aromatic heterocycles. The monoisotopic (exact) mass is 256 g/mol. The molecule has 3 nitrogen and oxygen atoms in total. The van der Waals surface area contributed by atoms with Gasteiger partial charge in [-0.25, -0.2) is 0 Å². The van der Waals surface area contributed by atoms with E-state index in [-0.39, 0.29) is 5.75 Å². The zero-order valence-electron chi connectivity index (χ0n) is 10.7. The van der Waals surface area contributed by atoms with Gasteiger partial charge in [0, 0.05) is 4.90 Å². The van der Waals surface area contributed by atoms with E-state index in [2.05, 4.69) is 6.92 Å². The number of thioether (sulfide) groups is 1. The standard InChI is InChI=1S/C13H20O3S/c1-4-5-6-7-17-10-8-11(15-2)13(14)12(9-10)16-3/h8-9,14H,4-7H2,1-3H3. The Kier molecular flexibility index (Phi) is 6.05. The van der Waals surface area contributed by atoms with Crippen LogP contribution in [0.2, 0.25) is 0 Å². The fourth-order valence-corrected chi connectivity index (χ4v) is 2.46. The average molecular weight is 256 g/mol. The van der Waals surface area contributed by atoms with Gasteiger partial charge < -0.3 is 14.6 Å². The van der Waals surface area contributed by atoms with Crippen LogP contribution >= 0.6 is 11.8 Å². The normalized spacial score (nSPS) is 10.3. The number of unbranched alkanes of at least 4 members (excludes halogenated alkanes) is 2. The number of hydrogen-bond acceptors (Lipinski definition) is 4. The van der Waals surface area contributed by atoms with Gasteiger partial charge in [-0.05, 0) is 24.3 Å². The van der Waals surface area contributed by atoms with E-state index < -0.39 is 0 Å². The van der Waals surface area contributed by atoms with Gasteiger partial charge in [0.05, 0.1) is 14.2 Å². The molecule has 0 fully saturated rings. The fourth-order valence-electron chi connectivity index (χ4n) is 1.49. The molecule has 0 aliphatic carbocycles. The Morgan fingerprint density at radius 3 is 2.18 bits per heavy atom. The predicted molar refractivity (Wildman–Crippen MR) is 71.5 cm³/mol. The summed E-state index contributed by atoms with van der Waals surface area (Å²) in [4.78, 5) is 1.06. The first-order valence-electron chi connectivity index (χ1n) is 5.80. The third kappa shape index (κ3) is 4.04. The number of aromatic hydroxyl groups is 1. The molecule has 0 aliphatic heterocycles. The Morgan fingerprint density at radius 2 is 1.71 bits per heavy atom. The highest BCUT2D eigenvalue weighted by Gasteiger charge is 2.11. The molecule has 0 unspecified atom stereocenters. The smallest absolute Gasteiger partial charge is 0.200 e. The third-order valence-corrected chi connectivity index (χ3v) is 3.53. The molecule has 0 saturated heterocycles. The molecule has 96 valence electrons. The van der Waals surface area contributed by atoms with E-state index in [1.807, 2.05) is 12.1 Å². The van der Waals surface area contributed by atoms with Crippen LogP contribution in [0.25, 0.3) is 0 Å². The Balaban J connectivity index is 2.71. The maximum absolute atomic E-state index is 9.76. The Morgan fingerprint density at radius 1 is 1.12 bits per heavy atom. The van der Waals surface area contributed by atoms with Gasteiger partial charge in [-0.2, -0.15) is 0 Å². The summed E-state index contributed by atoms with van der Waals surface area (Å²) in [6.07, 6.45) is 3.68. The first-order valence-corrected chi connectivity index (χ1v) is 6.79. The van der Waals surface area contributed by atoms with Crippen molar-refractivity contribution in [2.75, 3.05) is 20.0 Å². The third-order valence-electron chi connectivity index (χ3n) is 2.47. The largest absolute Gasteiger partial charge is 0.502 e. The Labute approximate surface area is 107 Å². The van der Waals surface area contributed by atoms with E-state index in [4.69, 9.17) is 9.47 Å². The molecule has 0 amide bonds. The zero-order valence-corrected chi connectivity index (χ0v) is 11.5. The molecule has 0 heterocycles. The summed E-state index contributed by atoms with van der Waals surface area (Å²) in [5.41, 5.74) is 0. The van der Waals surface area contributed by atoms with Gasteiger partial charge in [0.2, 0.25) is 5.75 Å². The number of ether oxygens (including phenoxy) is 2. The number of phenols is 1. The number of benzene rings is 1. The van der Waals surface area contributed by atoms with Crippen LogP contribution in [-0.4, -0.2) is 25.1 Å². The quantitative estimate of drug-likeness (QED) is 0.596. The van der Waals surface area contributed by atoms with Gasteiger partial charge >= 0.3 is 0 Å². The van der Waals surface area contributed by atoms with E-state index in [0.717, 1.165) is 10.6 Å². The van der Waals surface area contributed by atoms with Gasteiger partial charge in [-0.1, -0.05) is 19.8 Å². The van der Waals surface area contributed by atoms with Crippen LogP contribution < -0.4 is 9.47 Å². The van der Waals surface area contributed by atoms with Crippen LogP contribution in [0.3, 0.4) is 0 Å². The molecule has 1 N–H and O–H groups in total. The van der Waals surface area contributed by atoms with E-state index in [9.17, 15) is 5.11 Å². The molecular weight excluding hydrogens is 236 g/mol. The number of methoxy groups -OCH3 is 2. The molecule has 4 heteroatoms. The lowest BCUT2D eigenvalue weighted by molar-refractivity contribution is 0.338. The summed E-state index contributed by atoms with van der Waals surface area (Å²) in [5.74, 6) is 2.06. The second-order valence-electron chi connectivity index (χ2n) is 3.73. The van der Waals surface area contributed by atoms with Gasteiger partial charge in [-0.15, -0.1) is 11.8 Å². The molecule has 0 aliphatic rings. The predicted octanol–water partition coefficient (Wildman–Crippen LogP) is 3.69. The number of phenolic OH excluding ortho intramolecular Hbond substituents is 1. The first kappa shape index (κ1) is 14.0. The highest BCUT2D eigenvalue weighted by atomic mass is 32.2. The molecule has 1 aromatic carbocycles. The molecule has 0 spiro atoms. The highest BCUT2D eigenvalue weighted by Crippen LogP contribution is 2.40. The van der Waals surface area contributed by atoms with E-state index >= 15 is 0 Å².